The van der Waals surface area contributed by atoms with Crippen LogP contribution in [0.5, 0.6) is 0 Å². The number of nitrogens with zero attached hydrogens (tertiary/aromatic N) is 5. The minimum atomic E-state index is -0.169. The Bertz CT molecular complexity index is 855. The van der Waals surface area contributed by atoms with E-state index >= 15 is 0 Å². The lowest BCUT2D eigenvalue weighted by molar-refractivity contribution is 0.734. The van der Waals surface area contributed by atoms with Gasteiger partial charge in [-0.15, -0.1) is 0 Å². The van der Waals surface area contributed by atoms with Crippen LogP contribution < -0.4 is 10.5 Å². The summed E-state index contributed by atoms with van der Waals surface area (Å²) in [6.07, 6.45) is 3.05. The van der Waals surface area contributed by atoms with Crippen molar-refractivity contribution in [2.75, 3.05) is 11.9 Å². The highest BCUT2D eigenvalue weighted by molar-refractivity contribution is 9.10. The zero-order chi connectivity index (χ0) is 15.0. The van der Waals surface area contributed by atoms with Crippen LogP contribution in [0.4, 0.5) is 5.69 Å². The van der Waals surface area contributed by atoms with E-state index < -0.39 is 0 Å². The van der Waals surface area contributed by atoms with Crippen molar-refractivity contribution in [3.63, 3.8) is 0 Å². The van der Waals surface area contributed by atoms with Gasteiger partial charge in [0.05, 0.1) is 29.5 Å². The van der Waals surface area contributed by atoms with Crippen molar-refractivity contribution >= 4 is 32.5 Å². The highest BCUT2D eigenvalue weighted by atomic mass is 79.9. The van der Waals surface area contributed by atoms with Crippen LogP contribution in [0.1, 0.15) is 5.82 Å². The molecule has 0 saturated heterocycles. The first kappa shape index (κ1) is 13.7. The molecular formula is C13H13BrN6O. The van der Waals surface area contributed by atoms with E-state index in [0.717, 1.165) is 10.2 Å². The molecule has 0 fully saturated rings. The van der Waals surface area contributed by atoms with Crippen LogP contribution >= 0.6 is 15.9 Å². The van der Waals surface area contributed by atoms with Crippen molar-refractivity contribution < 1.29 is 0 Å². The Kier molecular flexibility index (Phi) is 3.46. The van der Waals surface area contributed by atoms with E-state index in [1.54, 1.807) is 11.0 Å². The maximum atomic E-state index is 12.1. The summed E-state index contributed by atoms with van der Waals surface area (Å²) in [5.74, 6) is 0.691. The minimum absolute atomic E-state index is 0.169. The molecule has 0 amide bonds. The van der Waals surface area contributed by atoms with Gasteiger partial charge in [-0.25, -0.2) is 9.97 Å². The van der Waals surface area contributed by atoms with Crippen LogP contribution in [0.15, 0.2) is 34.1 Å². The van der Waals surface area contributed by atoms with E-state index in [2.05, 4.69) is 36.0 Å². The first-order valence-electron chi connectivity index (χ1n) is 6.28. The van der Waals surface area contributed by atoms with E-state index in [4.69, 9.17) is 0 Å². The average molecular weight is 349 g/mol. The highest BCUT2D eigenvalue weighted by Crippen LogP contribution is 2.28. The Morgan fingerprint density at radius 3 is 2.90 bits per heavy atom. The molecule has 0 aliphatic rings. The molecule has 8 heteroatoms. The standard InChI is InChI=1S/C13H13BrN6O/c1-19(5-10-17-7-20(2)18-10)9-4-3-8(14)12-11(9)13(21)16-6-15-12/h3-4,6-7H,5H2,1-2H3,(H,15,16,21). The largest absolute Gasteiger partial charge is 0.366 e. The van der Waals surface area contributed by atoms with Crippen LogP contribution in [-0.2, 0) is 13.6 Å². The fourth-order valence-corrected chi connectivity index (χ4v) is 2.64. The first-order chi connectivity index (χ1) is 10.1. The van der Waals surface area contributed by atoms with E-state index in [1.165, 1.54) is 6.33 Å². The van der Waals surface area contributed by atoms with Crippen LogP contribution in [0.3, 0.4) is 0 Å². The Morgan fingerprint density at radius 1 is 1.38 bits per heavy atom. The van der Waals surface area contributed by atoms with Gasteiger partial charge in [-0.2, -0.15) is 5.10 Å². The quantitative estimate of drug-likeness (QED) is 0.774. The van der Waals surface area contributed by atoms with E-state index in [-0.39, 0.29) is 5.56 Å². The van der Waals surface area contributed by atoms with Gasteiger partial charge in [0.25, 0.3) is 5.56 Å². The summed E-state index contributed by atoms with van der Waals surface area (Å²) in [6, 6.07) is 3.76. The van der Waals surface area contributed by atoms with E-state index in [0.29, 0.717) is 23.3 Å². The van der Waals surface area contributed by atoms with Crippen LogP contribution in [0.25, 0.3) is 10.9 Å². The van der Waals surface area contributed by atoms with Gasteiger partial charge in [-0.05, 0) is 28.1 Å². The summed E-state index contributed by atoms with van der Waals surface area (Å²) >= 11 is 3.42. The molecule has 0 aliphatic heterocycles. The van der Waals surface area contributed by atoms with Gasteiger partial charge in [0.15, 0.2) is 5.82 Å². The molecule has 0 unspecified atom stereocenters. The summed E-state index contributed by atoms with van der Waals surface area (Å²) in [7, 11) is 3.71. The molecule has 0 atom stereocenters. The molecule has 2 aromatic heterocycles. The van der Waals surface area contributed by atoms with Gasteiger partial charge in [0, 0.05) is 18.6 Å². The third-order valence-electron chi connectivity index (χ3n) is 3.16. The number of anilines is 1. The lowest BCUT2D eigenvalue weighted by atomic mass is 10.2. The third kappa shape index (κ3) is 2.54. The number of fused-ring (bicyclic) bond motifs is 1. The number of H-pyrrole nitrogens is 1. The van der Waals surface area contributed by atoms with E-state index in [1.807, 2.05) is 31.1 Å². The Balaban J connectivity index is 2.08. The van der Waals surface area contributed by atoms with Gasteiger partial charge in [-0.1, -0.05) is 0 Å². The van der Waals surface area contributed by atoms with Gasteiger partial charge in [0.2, 0.25) is 0 Å². The lowest BCUT2D eigenvalue weighted by Gasteiger charge is -2.19. The van der Waals surface area contributed by atoms with Crippen molar-refractivity contribution in [1.82, 2.24) is 24.7 Å². The zero-order valence-corrected chi connectivity index (χ0v) is 13.1. The number of rotatable bonds is 3. The van der Waals surface area contributed by atoms with Crippen molar-refractivity contribution in [2.45, 2.75) is 6.54 Å². The van der Waals surface area contributed by atoms with Gasteiger partial charge < -0.3 is 9.88 Å². The van der Waals surface area contributed by atoms with Crippen LogP contribution in [-0.4, -0.2) is 31.8 Å². The molecular weight excluding hydrogens is 336 g/mol. The van der Waals surface area contributed by atoms with Crippen molar-refractivity contribution in [3.05, 3.63) is 45.4 Å². The molecule has 108 valence electrons. The maximum absolute atomic E-state index is 12.1. The molecule has 3 aromatic rings. The molecule has 0 spiro atoms. The Hall–Kier alpha value is -2.22. The molecule has 1 aromatic carbocycles. The van der Waals surface area contributed by atoms with Crippen molar-refractivity contribution in [3.8, 4) is 0 Å². The molecule has 1 N–H and O–H groups in total. The number of benzene rings is 1. The SMILES string of the molecule is CN(Cc1ncn(C)n1)c1ccc(Br)c2nc[nH]c(=O)c12. The van der Waals surface area contributed by atoms with Crippen molar-refractivity contribution in [1.29, 1.82) is 0 Å². The van der Waals surface area contributed by atoms with Gasteiger partial charge in [0.1, 0.15) is 6.33 Å². The monoisotopic (exact) mass is 348 g/mol. The minimum Gasteiger partial charge on any atom is -0.366 e. The smallest absolute Gasteiger partial charge is 0.260 e. The number of halogens is 1. The lowest BCUT2D eigenvalue weighted by Crippen LogP contribution is -2.20. The Morgan fingerprint density at radius 2 is 2.19 bits per heavy atom. The predicted octanol–water partition coefficient (Wildman–Crippen LogP) is 1.45. The predicted molar refractivity (Wildman–Crippen MR) is 83.2 cm³/mol. The molecule has 0 radical (unpaired) electrons. The second kappa shape index (κ2) is 5.28. The number of aromatic amines is 1. The highest BCUT2D eigenvalue weighted by Gasteiger charge is 2.14. The topological polar surface area (TPSA) is 79.7 Å². The van der Waals surface area contributed by atoms with Crippen LogP contribution in [0.2, 0.25) is 0 Å². The number of aromatic nitrogens is 5. The number of hydrogen-bond donors (Lipinski definition) is 1. The second-order valence-electron chi connectivity index (χ2n) is 4.71. The Labute approximate surface area is 128 Å². The molecule has 7 nitrogen and oxygen atoms in total. The molecule has 21 heavy (non-hydrogen) atoms. The number of hydrogen-bond acceptors (Lipinski definition) is 5. The second-order valence-corrected chi connectivity index (χ2v) is 5.57. The summed E-state index contributed by atoms with van der Waals surface area (Å²) in [4.78, 5) is 25.1. The van der Waals surface area contributed by atoms with Gasteiger partial charge in [-0.3, -0.25) is 9.48 Å². The molecule has 3 rings (SSSR count). The molecule has 0 aliphatic carbocycles. The summed E-state index contributed by atoms with van der Waals surface area (Å²) in [5.41, 5.74) is 1.25. The number of nitrogens with one attached hydrogen (secondary N) is 1. The van der Waals surface area contributed by atoms with Gasteiger partial charge >= 0.3 is 0 Å². The fraction of sp³-hybridized carbons (Fsp3) is 0.231. The van der Waals surface area contributed by atoms with Crippen LogP contribution in [0, 0.1) is 0 Å². The van der Waals surface area contributed by atoms with Crippen molar-refractivity contribution in [2.24, 2.45) is 7.05 Å². The molecule has 0 bridgehead atoms. The summed E-state index contributed by atoms with van der Waals surface area (Å²) in [5, 5.41) is 4.80. The third-order valence-corrected chi connectivity index (χ3v) is 3.80. The number of aryl methyl sites for hydroxylation is 1. The van der Waals surface area contributed by atoms with E-state index in [9.17, 15) is 4.79 Å². The normalized spacial score (nSPS) is 11.0. The zero-order valence-electron chi connectivity index (χ0n) is 11.5. The molecule has 2 heterocycles. The average Bonchev–Trinajstić information content (AvgIpc) is 2.85. The first-order valence-corrected chi connectivity index (χ1v) is 7.07. The summed E-state index contributed by atoms with van der Waals surface area (Å²) in [6.45, 7) is 0.506. The summed E-state index contributed by atoms with van der Waals surface area (Å²) < 4.78 is 2.44. The maximum Gasteiger partial charge on any atom is 0.260 e. The molecule has 0 saturated carbocycles. The fourth-order valence-electron chi connectivity index (χ4n) is 2.20.